The smallest absolute Gasteiger partial charge is 0.258 e. The number of pyridine rings is 1. The molecule has 0 atom stereocenters. The van der Waals surface area contributed by atoms with Crippen molar-refractivity contribution in [3.8, 4) is 0 Å². The number of amides is 1. The van der Waals surface area contributed by atoms with Crippen LogP contribution in [0.15, 0.2) is 36.5 Å². The van der Waals surface area contributed by atoms with Crippen molar-refractivity contribution >= 4 is 56.7 Å². The first-order chi connectivity index (χ1) is 16.8. The standard InChI is InChI=1S/C26H28F2IN5O/c27-26(28)8-13-34(14-9-26)23-22-17(3-10-30-22)15-21(31-23)32-24(35)19-2-1-18(29)16-20(19)33-11-6-25(4-5-25)7-12-33/h1-3,10,15-16,30H,4-9,11-14H2,(H,31,32,35). The molecule has 6 rings (SSSR count). The molecule has 3 aliphatic rings. The van der Waals surface area contributed by atoms with Crippen LogP contribution in [-0.2, 0) is 0 Å². The molecule has 9 heteroatoms. The van der Waals surface area contributed by atoms with Crippen LogP contribution < -0.4 is 15.1 Å². The summed E-state index contributed by atoms with van der Waals surface area (Å²) < 4.78 is 28.6. The molecular formula is C26H28F2IN5O. The summed E-state index contributed by atoms with van der Waals surface area (Å²) in [5.74, 6) is -1.81. The van der Waals surface area contributed by atoms with Gasteiger partial charge in [0.25, 0.3) is 11.8 Å². The van der Waals surface area contributed by atoms with Crippen LogP contribution in [0.5, 0.6) is 0 Å². The van der Waals surface area contributed by atoms with Crippen molar-refractivity contribution in [3.05, 3.63) is 45.7 Å². The van der Waals surface area contributed by atoms with Gasteiger partial charge in [-0.3, -0.25) is 4.79 Å². The van der Waals surface area contributed by atoms with E-state index in [0.717, 1.165) is 33.3 Å². The van der Waals surface area contributed by atoms with Crippen LogP contribution in [0.4, 0.5) is 26.1 Å². The Bertz CT molecular complexity index is 1270. The summed E-state index contributed by atoms with van der Waals surface area (Å²) in [6.07, 6.45) is 6.45. The van der Waals surface area contributed by atoms with E-state index in [1.807, 2.05) is 29.2 Å². The third-order valence-electron chi connectivity index (χ3n) is 7.88. The van der Waals surface area contributed by atoms with Gasteiger partial charge < -0.3 is 20.1 Å². The first-order valence-corrected chi connectivity index (χ1v) is 13.4. The molecule has 2 aromatic heterocycles. The second-order valence-electron chi connectivity index (χ2n) is 10.2. The van der Waals surface area contributed by atoms with Gasteiger partial charge in [-0.2, -0.15) is 0 Å². The van der Waals surface area contributed by atoms with E-state index < -0.39 is 5.92 Å². The van der Waals surface area contributed by atoms with Crippen LogP contribution in [0.1, 0.15) is 48.9 Å². The minimum absolute atomic E-state index is 0.198. The molecule has 1 saturated carbocycles. The van der Waals surface area contributed by atoms with E-state index in [2.05, 4.69) is 43.9 Å². The quantitative estimate of drug-likeness (QED) is 0.364. The monoisotopic (exact) mass is 591 g/mol. The molecule has 184 valence electrons. The average Bonchev–Trinajstić information content (AvgIpc) is 3.41. The number of hydrogen-bond acceptors (Lipinski definition) is 4. The normalized spacial score (nSPS) is 20.9. The van der Waals surface area contributed by atoms with Crippen molar-refractivity contribution in [1.82, 2.24) is 9.97 Å². The Morgan fingerprint density at radius 1 is 0.971 bits per heavy atom. The van der Waals surface area contributed by atoms with Crippen molar-refractivity contribution in [1.29, 1.82) is 0 Å². The highest BCUT2D eigenvalue weighted by Crippen LogP contribution is 2.54. The van der Waals surface area contributed by atoms with Gasteiger partial charge in [-0.05, 0) is 84.0 Å². The van der Waals surface area contributed by atoms with Crippen molar-refractivity contribution in [2.75, 3.05) is 41.3 Å². The molecule has 3 aromatic rings. The van der Waals surface area contributed by atoms with Gasteiger partial charge in [-0.1, -0.05) is 0 Å². The van der Waals surface area contributed by atoms with Gasteiger partial charge in [0.2, 0.25) is 0 Å². The molecular weight excluding hydrogens is 563 g/mol. The maximum atomic E-state index is 13.7. The molecule has 1 amide bonds. The molecule has 0 unspecified atom stereocenters. The van der Waals surface area contributed by atoms with Crippen molar-refractivity contribution < 1.29 is 13.6 Å². The summed E-state index contributed by atoms with van der Waals surface area (Å²) in [5, 5.41) is 3.88. The number of piperidine rings is 2. The fourth-order valence-electron chi connectivity index (χ4n) is 5.42. The van der Waals surface area contributed by atoms with E-state index in [0.29, 0.717) is 22.6 Å². The number of nitrogens with one attached hydrogen (secondary N) is 2. The van der Waals surface area contributed by atoms with E-state index in [1.165, 1.54) is 25.7 Å². The zero-order valence-corrected chi connectivity index (χ0v) is 21.6. The number of rotatable bonds is 4. The van der Waals surface area contributed by atoms with Crippen molar-refractivity contribution in [3.63, 3.8) is 0 Å². The molecule has 3 fully saturated rings. The highest BCUT2D eigenvalue weighted by atomic mass is 127. The van der Waals surface area contributed by atoms with E-state index in [9.17, 15) is 13.6 Å². The molecule has 0 bridgehead atoms. The molecule has 2 N–H and O–H groups in total. The second-order valence-corrected chi connectivity index (χ2v) is 11.5. The van der Waals surface area contributed by atoms with Crippen LogP contribution >= 0.6 is 22.6 Å². The summed E-state index contributed by atoms with van der Waals surface area (Å²) in [4.78, 5) is 25.6. The molecule has 6 nitrogen and oxygen atoms in total. The maximum Gasteiger partial charge on any atom is 0.258 e. The van der Waals surface area contributed by atoms with Gasteiger partial charge in [-0.15, -0.1) is 0 Å². The van der Waals surface area contributed by atoms with Gasteiger partial charge in [0, 0.05) is 54.2 Å². The van der Waals surface area contributed by atoms with Gasteiger partial charge >= 0.3 is 0 Å². The van der Waals surface area contributed by atoms with Crippen molar-refractivity contribution in [2.45, 2.75) is 44.4 Å². The largest absolute Gasteiger partial charge is 0.371 e. The number of anilines is 3. The fraction of sp³-hybridized carbons (Fsp3) is 0.462. The zero-order valence-electron chi connectivity index (χ0n) is 19.4. The number of hydrogen-bond donors (Lipinski definition) is 2. The predicted octanol–water partition coefficient (Wildman–Crippen LogP) is 6.04. The number of fused-ring (bicyclic) bond motifs is 1. The lowest BCUT2D eigenvalue weighted by Gasteiger charge is -2.35. The highest BCUT2D eigenvalue weighted by Gasteiger charge is 2.44. The predicted molar refractivity (Wildman–Crippen MR) is 143 cm³/mol. The highest BCUT2D eigenvalue weighted by molar-refractivity contribution is 14.1. The first-order valence-electron chi connectivity index (χ1n) is 12.3. The Morgan fingerprint density at radius 2 is 1.69 bits per heavy atom. The van der Waals surface area contributed by atoms with Crippen LogP contribution in [0.25, 0.3) is 10.9 Å². The van der Waals surface area contributed by atoms with E-state index in [-0.39, 0.29) is 31.8 Å². The number of carbonyl (C=O) groups is 1. The van der Waals surface area contributed by atoms with Crippen LogP contribution in [-0.4, -0.2) is 48.0 Å². The number of halogens is 3. The van der Waals surface area contributed by atoms with Crippen LogP contribution in [0, 0.1) is 8.99 Å². The van der Waals surface area contributed by atoms with E-state index >= 15 is 0 Å². The average molecular weight is 591 g/mol. The van der Waals surface area contributed by atoms with Crippen LogP contribution in [0.2, 0.25) is 0 Å². The number of H-pyrrole nitrogens is 1. The molecule has 1 aliphatic carbocycles. The number of alkyl halides is 2. The summed E-state index contributed by atoms with van der Waals surface area (Å²) in [5.41, 5.74) is 2.95. The second kappa shape index (κ2) is 8.60. The lowest BCUT2D eigenvalue weighted by Crippen LogP contribution is -2.40. The molecule has 1 aromatic carbocycles. The minimum atomic E-state index is -2.63. The number of aromatic nitrogens is 2. The van der Waals surface area contributed by atoms with Gasteiger partial charge in [-0.25, -0.2) is 13.8 Å². The summed E-state index contributed by atoms with van der Waals surface area (Å²) in [7, 11) is 0. The number of benzene rings is 1. The Labute approximate surface area is 216 Å². The summed E-state index contributed by atoms with van der Waals surface area (Å²) in [6.45, 7) is 2.39. The van der Waals surface area contributed by atoms with E-state index in [4.69, 9.17) is 4.98 Å². The molecule has 2 aliphatic heterocycles. The lowest BCUT2D eigenvalue weighted by atomic mass is 9.93. The Hall–Kier alpha value is -2.43. The van der Waals surface area contributed by atoms with Gasteiger partial charge in [0.05, 0.1) is 16.8 Å². The summed E-state index contributed by atoms with van der Waals surface area (Å²) >= 11 is 2.29. The molecule has 0 radical (unpaired) electrons. The lowest BCUT2D eigenvalue weighted by molar-refractivity contribution is -0.0221. The molecule has 1 spiro atoms. The fourth-order valence-corrected chi connectivity index (χ4v) is 5.90. The first kappa shape index (κ1) is 23.0. The maximum absolute atomic E-state index is 13.7. The molecule has 35 heavy (non-hydrogen) atoms. The van der Waals surface area contributed by atoms with Crippen molar-refractivity contribution in [2.24, 2.45) is 5.41 Å². The SMILES string of the molecule is O=C(Nc1cc2cc[nH]c2c(N2CCC(F)(F)CC2)n1)c1ccc(I)cc1N1CCC2(CC1)CC2. The number of carbonyl (C=O) groups excluding carboxylic acids is 1. The van der Waals surface area contributed by atoms with E-state index in [1.54, 1.807) is 6.20 Å². The molecule has 2 saturated heterocycles. The third kappa shape index (κ3) is 4.59. The topological polar surface area (TPSA) is 64.3 Å². The molecule has 4 heterocycles. The Kier molecular flexibility index (Phi) is 5.65. The summed E-state index contributed by atoms with van der Waals surface area (Å²) in [6, 6.07) is 9.66. The van der Waals surface area contributed by atoms with Crippen LogP contribution in [0.3, 0.4) is 0 Å². The zero-order chi connectivity index (χ0) is 24.2. The number of nitrogens with zero attached hydrogens (tertiary/aromatic N) is 3. The third-order valence-corrected chi connectivity index (χ3v) is 8.55. The van der Waals surface area contributed by atoms with Gasteiger partial charge in [0.15, 0.2) is 5.82 Å². The Morgan fingerprint density at radius 3 is 2.40 bits per heavy atom. The van der Waals surface area contributed by atoms with Gasteiger partial charge in [0.1, 0.15) is 5.82 Å². The number of aromatic amines is 1. The Balaban J connectivity index is 1.27. The minimum Gasteiger partial charge on any atom is -0.371 e.